The molecule has 25 heavy (non-hydrogen) atoms. The van der Waals surface area contributed by atoms with Gasteiger partial charge in [-0.25, -0.2) is 4.98 Å². The van der Waals surface area contributed by atoms with E-state index in [9.17, 15) is 4.79 Å². The number of carbonyl (C=O) groups is 1. The minimum absolute atomic E-state index is 0.0546. The minimum atomic E-state index is -0.0546. The molecule has 0 aliphatic carbocycles. The van der Waals surface area contributed by atoms with Gasteiger partial charge in [-0.05, 0) is 36.8 Å². The molecule has 0 aliphatic rings. The number of aromatic nitrogens is 2. The molecule has 5 nitrogen and oxygen atoms in total. The third-order valence-corrected chi connectivity index (χ3v) is 4.93. The summed E-state index contributed by atoms with van der Waals surface area (Å²) in [6.07, 6.45) is 0.374. The average Bonchev–Trinajstić information content (AvgIpc) is 3.06. The number of anilines is 1. The van der Waals surface area contributed by atoms with E-state index in [4.69, 9.17) is 5.26 Å². The van der Waals surface area contributed by atoms with E-state index in [1.807, 2.05) is 55.5 Å². The predicted molar refractivity (Wildman–Crippen MR) is 101 cm³/mol. The molecule has 3 rings (SSSR count). The number of carbonyl (C=O) groups excluding carboxylic acids is 1. The SMILES string of the molecule is C[C@@H](SCC(=O)Nc1ccc(CC#N)cc1)c1nc2ccccc2[nH]1. The quantitative estimate of drug-likeness (QED) is 0.702. The van der Waals surface area contributed by atoms with Crippen LogP contribution in [0.4, 0.5) is 5.69 Å². The van der Waals surface area contributed by atoms with Crippen LogP contribution in [-0.2, 0) is 11.2 Å². The Hall–Kier alpha value is -2.78. The van der Waals surface area contributed by atoms with Gasteiger partial charge in [0.2, 0.25) is 5.91 Å². The topological polar surface area (TPSA) is 81.6 Å². The summed E-state index contributed by atoms with van der Waals surface area (Å²) < 4.78 is 0. The van der Waals surface area contributed by atoms with E-state index < -0.39 is 0 Å². The van der Waals surface area contributed by atoms with Crippen LogP contribution >= 0.6 is 11.8 Å². The molecule has 0 bridgehead atoms. The fourth-order valence-corrected chi connectivity index (χ4v) is 3.18. The van der Waals surface area contributed by atoms with Gasteiger partial charge in [0.15, 0.2) is 0 Å². The fourth-order valence-electron chi connectivity index (χ4n) is 2.44. The number of nitrogens with zero attached hydrogens (tertiary/aromatic N) is 2. The van der Waals surface area contributed by atoms with Gasteiger partial charge in [0, 0.05) is 5.69 Å². The van der Waals surface area contributed by atoms with Gasteiger partial charge in [-0.1, -0.05) is 24.3 Å². The van der Waals surface area contributed by atoms with Crippen molar-refractivity contribution in [3.63, 3.8) is 0 Å². The highest BCUT2D eigenvalue weighted by molar-refractivity contribution is 8.00. The molecule has 0 saturated heterocycles. The monoisotopic (exact) mass is 350 g/mol. The summed E-state index contributed by atoms with van der Waals surface area (Å²) in [7, 11) is 0. The van der Waals surface area contributed by atoms with Gasteiger partial charge in [-0.3, -0.25) is 4.79 Å². The predicted octanol–water partition coefficient (Wildman–Crippen LogP) is 4.06. The van der Waals surface area contributed by atoms with Crippen LogP contribution in [0.25, 0.3) is 11.0 Å². The Balaban J connectivity index is 1.53. The van der Waals surface area contributed by atoms with E-state index in [-0.39, 0.29) is 11.2 Å². The maximum absolute atomic E-state index is 12.1. The van der Waals surface area contributed by atoms with Crippen LogP contribution < -0.4 is 5.32 Å². The second kappa shape index (κ2) is 7.86. The van der Waals surface area contributed by atoms with Crippen molar-refractivity contribution in [2.24, 2.45) is 0 Å². The average molecular weight is 350 g/mol. The van der Waals surface area contributed by atoms with Crippen molar-refractivity contribution in [3.8, 4) is 6.07 Å². The van der Waals surface area contributed by atoms with E-state index >= 15 is 0 Å². The van der Waals surface area contributed by atoms with Crippen molar-refractivity contribution in [2.75, 3.05) is 11.1 Å². The first-order valence-corrected chi connectivity index (χ1v) is 9.02. The van der Waals surface area contributed by atoms with Crippen molar-refractivity contribution >= 4 is 34.4 Å². The Kier molecular flexibility index (Phi) is 5.36. The summed E-state index contributed by atoms with van der Waals surface area (Å²) in [5.41, 5.74) is 3.62. The van der Waals surface area contributed by atoms with Crippen molar-refractivity contribution in [1.82, 2.24) is 9.97 Å². The Morgan fingerprint density at radius 2 is 2.04 bits per heavy atom. The molecule has 3 aromatic rings. The first kappa shape index (κ1) is 17.1. The van der Waals surface area contributed by atoms with Gasteiger partial charge >= 0.3 is 0 Å². The van der Waals surface area contributed by atoms with Crippen LogP contribution in [0, 0.1) is 11.3 Å². The lowest BCUT2D eigenvalue weighted by atomic mass is 10.1. The Morgan fingerprint density at radius 1 is 1.28 bits per heavy atom. The number of thioether (sulfide) groups is 1. The number of imidazole rings is 1. The molecule has 0 saturated carbocycles. The van der Waals surface area contributed by atoms with Crippen molar-refractivity contribution < 1.29 is 4.79 Å². The van der Waals surface area contributed by atoms with Crippen LogP contribution in [-0.4, -0.2) is 21.6 Å². The number of benzene rings is 2. The molecular formula is C19H18N4OS. The van der Waals surface area contributed by atoms with E-state index in [2.05, 4.69) is 21.4 Å². The number of fused-ring (bicyclic) bond motifs is 1. The normalized spacial score (nSPS) is 11.8. The summed E-state index contributed by atoms with van der Waals surface area (Å²) in [6.45, 7) is 2.03. The number of rotatable bonds is 6. The standard InChI is InChI=1S/C19H18N4OS/c1-13(19-22-16-4-2-3-5-17(16)23-19)25-12-18(24)21-15-8-6-14(7-9-15)10-11-20/h2-9,13H,10,12H2,1H3,(H,21,24)(H,22,23)/t13-/m1/s1. The molecule has 126 valence electrons. The smallest absolute Gasteiger partial charge is 0.234 e. The van der Waals surface area contributed by atoms with Gasteiger partial charge in [0.1, 0.15) is 5.82 Å². The summed E-state index contributed by atoms with van der Waals surface area (Å²) >= 11 is 1.53. The molecule has 1 aromatic heterocycles. The molecule has 2 aromatic carbocycles. The highest BCUT2D eigenvalue weighted by Gasteiger charge is 2.13. The lowest BCUT2D eigenvalue weighted by molar-refractivity contribution is -0.113. The maximum atomic E-state index is 12.1. The second-order valence-electron chi connectivity index (χ2n) is 5.67. The van der Waals surface area contributed by atoms with E-state index in [0.717, 1.165) is 28.1 Å². The highest BCUT2D eigenvalue weighted by Crippen LogP contribution is 2.27. The highest BCUT2D eigenvalue weighted by atomic mass is 32.2. The van der Waals surface area contributed by atoms with Crippen molar-refractivity contribution in [3.05, 3.63) is 59.9 Å². The number of H-pyrrole nitrogens is 1. The minimum Gasteiger partial charge on any atom is -0.341 e. The van der Waals surface area contributed by atoms with E-state index in [1.165, 1.54) is 11.8 Å². The number of para-hydroxylation sites is 2. The Bertz CT molecular complexity index is 878. The first-order chi connectivity index (χ1) is 12.2. The first-order valence-electron chi connectivity index (χ1n) is 7.97. The number of amides is 1. The zero-order chi connectivity index (χ0) is 17.6. The third kappa shape index (κ3) is 4.40. The largest absolute Gasteiger partial charge is 0.341 e. The molecule has 2 N–H and O–H groups in total. The van der Waals surface area contributed by atoms with Crippen LogP contribution in [0.15, 0.2) is 48.5 Å². The Labute approximate surface area is 150 Å². The molecule has 1 atom stereocenters. The van der Waals surface area contributed by atoms with E-state index in [0.29, 0.717) is 12.2 Å². The lowest BCUT2D eigenvalue weighted by Gasteiger charge is -2.09. The number of nitrogens with one attached hydrogen (secondary N) is 2. The lowest BCUT2D eigenvalue weighted by Crippen LogP contribution is -2.14. The summed E-state index contributed by atoms with van der Waals surface area (Å²) in [6, 6.07) is 17.3. The molecule has 1 heterocycles. The van der Waals surface area contributed by atoms with Gasteiger partial charge in [0.25, 0.3) is 0 Å². The van der Waals surface area contributed by atoms with Gasteiger partial charge in [-0.15, -0.1) is 11.8 Å². The Morgan fingerprint density at radius 3 is 2.76 bits per heavy atom. The summed E-state index contributed by atoms with van der Waals surface area (Å²) in [5, 5.41) is 11.6. The van der Waals surface area contributed by atoms with Crippen LogP contribution in [0.5, 0.6) is 0 Å². The molecule has 6 heteroatoms. The van der Waals surface area contributed by atoms with Gasteiger partial charge < -0.3 is 10.3 Å². The maximum Gasteiger partial charge on any atom is 0.234 e. The van der Waals surface area contributed by atoms with Crippen LogP contribution in [0.1, 0.15) is 23.6 Å². The molecule has 0 spiro atoms. The molecule has 0 aliphatic heterocycles. The zero-order valence-electron chi connectivity index (χ0n) is 13.8. The number of hydrogen-bond acceptors (Lipinski definition) is 4. The number of aromatic amines is 1. The number of nitriles is 1. The molecule has 0 fully saturated rings. The summed E-state index contributed by atoms with van der Waals surface area (Å²) in [4.78, 5) is 20.0. The second-order valence-corrected chi connectivity index (χ2v) is 7.00. The molecule has 1 amide bonds. The third-order valence-electron chi connectivity index (χ3n) is 3.78. The van der Waals surface area contributed by atoms with Gasteiger partial charge in [0.05, 0.1) is 34.5 Å². The summed E-state index contributed by atoms with van der Waals surface area (Å²) in [5.74, 6) is 1.17. The fraction of sp³-hybridized carbons (Fsp3) is 0.211. The van der Waals surface area contributed by atoms with Crippen LogP contribution in [0.2, 0.25) is 0 Å². The zero-order valence-corrected chi connectivity index (χ0v) is 14.6. The molecule has 0 radical (unpaired) electrons. The molecular weight excluding hydrogens is 332 g/mol. The van der Waals surface area contributed by atoms with Gasteiger partial charge in [-0.2, -0.15) is 5.26 Å². The van der Waals surface area contributed by atoms with E-state index in [1.54, 1.807) is 0 Å². The van der Waals surface area contributed by atoms with Crippen molar-refractivity contribution in [1.29, 1.82) is 5.26 Å². The van der Waals surface area contributed by atoms with Crippen LogP contribution in [0.3, 0.4) is 0 Å². The van der Waals surface area contributed by atoms with Crippen molar-refractivity contribution in [2.45, 2.75) is 18.6 Å². The molecule has 0 unspecified atom stereocenters. The number of hydrogen-bond donors (Lipinski definition) is 2.